The van der Waals surface area contributed by atoms with Gasteiger partial charge in [-0.25, -0.2) is 24.0 Å². The summed E-state index contributed by atoms with van der Waals surface area (Å²) in [6.07, 6.45) is 5.78. The Morgan fingerprint density at radius 3 is 2.71 bits per heavy atom. The van der Waals surface area contributed by atoms with Crippen molar-refractivity contribution in [3.63, 3.8) is 0 Å². The van der Waals surface area contributed by atoms with Crippen molar-refractivity contribution in [3.8, 4) is 17.4 Å². The van der Waals surface area contributed by atoms with Gasteiger partial charge in [0.1, 0.15) is 31.6 Å². The monoisotopic (exact) mass is 387 g/mol. The molecule has 0 aliphatic carbocycles. The summed E-state index contributed by atoms with van der Waals surface area (Å²) in [6.45, 7) is 2.67. The lowest BCUT2D eigenvalue weighted by atomic mass is 9.95. The minimum absolute atomic E-state index is 0.0720. The molecule has 3 aromatic rings. The maximum Gasteiger partial charge on any atom is 0.312 e. The van der Waals surface area contributed by atoms with Gasteiger partial charge in [-0.05, 0) is 32.0 Å². The molecular formula is C18H18FN5O4. The van der Waals surface area contributed by atoms with Crippen LogP contribution in [0.1, 0.15) is 19.4 Å². The van der Waals surface area contributed by atoms with E-state index in [-0.39, 0.29) is 24.7 Å². The maximum absolute atomic E-state index is 14.6. The molecule has 0 radical (unpaired) electrons. The van der Waals surface area contributed by atoms with Crippen LogP contribution in [0.25, 0.3) is 5.82 Å². The molecule has 3 aromatic heterocycles. The number of halogens is 1. The second kappa shape index (κ2) is 7.99. The number of carbonyl (C=O) groups is 1. The van der Waals surface area contributed by atoms with Gasteiger partial charge < -0.3 is 14.6 Å². The van der Waals surface area contributed by atoms with Gasteiger partial charge in [0.25, 0.3) is 5.88 Å². The minimum atomic E-state index is -1.17. The molecule has 0 unspecified atom stereocenters. The van der Waals surface area contributed by atoms with E-state index >= 15 is 0 Å². The lowest BCUT2D eigenvalue weighted by molar-refractivity contribution is -0.148. The van der Waals surface area contributed by atoms with Crippen molar-refractivity contribution in [2.75, 3.05) is 6.61 Å². The van der Waals surface area contributed by atoms with Crippen LogP contribution in [0.5, 0.6) is 11.6 Å². The second-order valence-corrected chi connectivity index (χ2v) is 6.55. The first-order chi connectivity index (χ1) is 13.4. The zero-order chi connectivity index (χ0) is 20.1. The quantitative estimate of drug-likeness (QED) is 0.626. The molecule has 1 N–H and O–H groups in total. The predicted octanol–water partition coefficient (Wildman–Crippen LogP) is 2.27. The number of ether oxygens (including phenoxy) is 2. The molecule has 0 bridgehead atoms. The van der Waals surface area contributed by atoms with Crippen LogP contribution in [0, 0.1) is 11.2 Å². The molecule has 28 heavy (non-hydrogen) atoms. The van der Waals surface area contributed by atoms with Gasteiger partial charge in [-0.2, -0.15) is 5.10 Å². The van der Waals surface area contributed by atoms with E-state index in [1.807, 2.05) is 0 Å². The van der Waals surface area contributed by atoms with Crippen molar-refractivity contribution in [1.82, 2.24) is 24.7 Å². The molecular weight excluding hydrogens is 369 g/mol. The first-order valence-electron chi connectivity index (χ1n) is 8.30. The SMILES string of the molecule is CC(C)(COc1nccc(COc2ccc(-n3cncn3)nc2)c1F)C(=O)O. The number of pyridine rings is 2. The van der Waals surface area contributed by atoms with Crippen molar-refractivity contribution < 1.29 is 23.8 Å². The molecule has 3 rings (SSSR count). The largest absolute Gasteiger partial charge is 0.487 e. The Bertz CT molecular complexity index is 945. The van der Waals surface area contributed by atoms with Crippen molar-refractivity contribution in [2.45, 2.75) is 20.5 Å². The number of aromatic nitrogens is 5. The third-order valence-electron chi connectivity index (χ3n) is 3.85. The molecule has 0 aliphatic heterocycles. The zero-order valence-electron chi connectivity index (χ0n) is 15.2. The van der Waals surface area contributed by atoms with Crippen LogP contribution in [0.4, 0.5) is 4.39 Å². The first kappa shape index (κ1) is 19.2. The number of carboxylic acid groups (broad SMARTS) is 1. The van der Waals surface area contributed by atoms with Crippen LogP contribution in [0.15, 0.2) is 43.2 Å². The Morgan fingerprint density at radius 2 is 2.07 bits per heavy atom. The van der Waals surface area contributed by atoms with Crippen molar-refractivity contribution >= 4 is 5.97 Å². The summed E-state index contributed by atoms with van der Waals surface area (Å²) in [5.41, 5.74) is -0.948. The highest BCUT2D eigenvalue weighted by Crippen LogP contribution is 2.23. The third-order valence-corrected chi connectivity index (χ3v) is 3.85. The highest BCUT2D eigenvalue weighted by atomic mass is 19.1. The van der Waals surface area contributed by atoms with Gasteiger partial charge in [-0.3, -0.25) is 4.79 Å². The minimum Gasteiger partial charge on any atom is -0.487 e. The van der Waals surface area contributed by atoms with Crippen molar-refractivity contribution in [3.05, 3.63) is 54.6 Å². The molecule has 9 nitrogen and oxygen atoms in total. The van der Waals surface area contributed by atoms with Crippen LogP contribution in [-0.2, 0) is 11.4 Å². The normalized spacial score (nSPS) is 11.2. The molecule has 0 spiro atoms. The Hall–Kier alpha value is -3.56. The summed E-state index contributed by atoms with van der Waals surface area (Å²) < 4.78 is 26.9. The van der Waals surface area contributed by atoms with Crippen molar-refractivity contribution in [1.29, 1.82) is 0 Å². The first-order valence-corrected chi connectivity index (χ1v) is 8.30. The highest BCUT2D eigenvalue weighted by molar-refractivity contribution is 5.73. The third kappa shape index (κ3) is 4.40. The summed E-state index contributed by atoms with van der Waals surface area (Å²) in [5, 5.41) is 13.1. The summed E-state index contributed by atoms with van der Waals surface area (Å²) in [5.74, 6) is -1.01. The predicted molar refractivity (Wildman–Crippen MR) is 94.6 cm³/mol. The van der Waals surface area contributed by atoms with E-state index in [1.165, 1.54) is 49.6 Å². The van der Waals surface area contributed by atoms with Gasteiger partial charge in [-0.1, -0.05) is 0 Å². The van der Waals surface area contributed by atoms with Crippen molar-refractivity contribution in [2.24, 2.45) is 5.41 Å². The van der Waals surface area contributed by atoms with E-state index in [9.17, 15) is 9.18 Å². The average molecular weight is 387 g/mol. The van der Waals surface area contributed by atoms with Crippen LogP contribution in [-0.4, -0.2) is 42.4 Å². The Morgan fingerprint density at radius 1 is 1.25 bits per heavy atom. The molecule has 0 aliphatic rings. The summed E-state index contributed by atoms with van der Waals surface area (Å²) >= 11 is 0. The van der Waals surface area contributed by atoms with E-state index in [0.29, 0.717) is 11.6 Å². The lowest BCUT2D eigenvalue weighted by Gasteiger charge is -2.19. The molecule has 3 heterocycles. The Kier molecular flexibility index (Phi) is 5.48. The van der Waals surface area contributed by atoms with E-state index in [0.717, 1.165) is 0 Å². The summed E-state index contributed by atoms with van der Waals surface area (Å²) in [7, 11) is 0. The number of aliphatic carboxylic acids is 1. The van der Waals surface area contributed by atoms with Gasteiger partial charge in [-0.15, -0.1) is 0 Å². The van der Waals surface area contributed by atoms with E-state index in [4.69, 9.17) is 14.6 Å². The average Bonchev–Trinajstić information content (AvgIpc) is 3.21. The van der Waals surface area contributed by atoms with Crippen LogP contribution >= 0.6 is 0 Å². The van der Waals surface area contributed by atoms with Crippen LogP contribution in [0.2, 0.25) is 0 Å². The zero-order valence-corrected chi connectivity index (χ0v) is 15.2. The fourth-order valence-electron chi connectivity index (χ4n) is 2.07. The molecule has 0 atom stereocenters. The number of nitrogens with zero attached hydrogens (tertiary/aromatic N) is 5. The fourth-order valence-corrected chi connectivity index (χ4v) is 2.07. The number of hydrogen-bond donors (Lipinski definition) is 1. The number of rotatable bonds is 8. The van der Waals surface area contributed by atoms with Gasteiger partial charge in [0, 0.05) is 11.8 Å². The molecule has 0 saturated carbocycles. The lowest BCUT2D eigenvalue weighted by Crippen LogP contribution is -2.31. The van der Waals surface area contributed by atoms with Crippen LogP contribution in [0.3, 0.4) is 0 Å². The molecule has 0 amide bonds. The smallest absolute Gasteiger partial charge is 0.312 e. The van der Waals surface area contributed by atoms with Gasteiger partial charge >= 0.3 is 5.97 Å². The molecule has 10 heteroatoms. The van der Waals surface area contributed by atoms with E-state index in [1.54, 1.807) is 12.1 Å². The second-order valence-electron chi connectivity index (χ2n) is 6.55. The van der Waals surface area contributed by atoms with E-state index in [2.05, 4.69) is 20.1 Å². The topological polar surface area (TPSA) is 112 Å². The van der Waals surface area contributed by atoms with Gasteiger partial charge in [0.2, 0.25) is 0 Å². The van der Waals surface area contributed by atoms with Gasteiger partial charge in [0.05, 0.1) is 11.6 Å². The number of carboxylic acids is 1. The number of hydrogen-bond acceptors (Lipinski definition) is 7. The van der Waals surface area contributed by atoms with Gasteiger partial charge in [0.15, 0.2) is 11.6 Å². The maximum atomic E-state index is 14.6. The standard InChI is InChI=1S/C18H18FN5O4/c1-18(2,17(25)26)9-28-16-15(19)12(5-6-21-16)8-27-13-3-4-14(22-7-13)24-11-20-10-23-24/h3-7,10-11H,8-9H2,1-2H3,(H,25,26). The fraction of sp³-hybridized carbons (Fsp3) is 0.278. The summed E-state index contributed by atoms with van der Waals surface area (Å²) in [4.78, 5) is 23.0. The molecule has 0 fully saturated rings. The van der Waals surface area contributed by atoms with Crippen LogP contribution < -0.4 is 9.47 Å². The van der Waals surface area contributed by atoms with E-state index < -0.39 is 17.2 Å². The summed E-state index contributed by atoms with van der Waals surface area (Å²) in [6, 6.07) is 4.83. The Labute approximate surface area is 159 Å². The highest BCUT2D eigenvalue weighted by Gasteiger charge is 2.29. The Balaban J connectivity index is 1.64. The molecule has 0 saturated heterocycles. The molecule has 0 aromatic carbocycles. The molecule has 146 valence electrons.